The van der Waals surface area contributed by atoms with Gasteiger partial charge in [-0.3, -0.25) is 18.7 Å². The summed E-state index contributed by atoms with van der Waals surface area (Å²) in [5.74, 6) is 0.125. The van der Waals surface area contributed by atoms with Crippen molar-refractivity contribution in [2.24, 2.45) is 7.05 Å². The largest absolute Gasteiger partial charge is 0.444 e. The summed E-state index contributed by atoms with van der Waals surface area (Å²) >= 11 is 0. The Kier molecular flexibility index (Phi) is 7.98. The number of Topliss-reactive ketones (excluding diaryl/α,β-unsaturated/α-hetero) is 1. The monoisotopic (exact) mass is 577 g/mol. The fraction of sp³-hybridized carbons (Fsp3) is 0.500. The molecule has 1 fully saturated rings. The van der Waals surface area contributed by atoms with Gasteiger partial charge in [-0.1, -0.05) is 23.8 Å². The van der Waals surface area contributed by atoms with Gasteiger partial charge in [-0.25, -0.2) is 9.59 Å². The molecule has 0 spiro atoms. The molecular formula is C30H39N7O5. The number of imidazole rings is 1. The van der Waals surface area contributed by atoms with Crippen LogP contribution in [0.4, 0.5) is 16.4 Å². The van der Waals surface area contributed by atoms with Crippen LogP contribution in [0.2, 0.25) is 0 Å². The van der Waals surface area contributed by atoms with Crippen molar-refractivity contribution in [2.45, 2.75) is 77.6 Å². The summed E-state index contributed by atoms with van der Waals surface area (Å²) < 4.78 is 9.60. The van der Waals surface area contributed by atoms with Gasteiger partial charge in [-0.05, 0) is 65.0 Å². The van der Waals surface area contributed by atoms with Crippen LogP contribution < -0.4 is 27.2 Å². The van der Waals surface area contributed by atoms with E-state index in [9.17, 15) is 19.2 Å². The zero-order valence-electron chi connectivity index (χ0n) is 24.7. The average Bonchev–Trinajstić information content (AvgIpc) is 3.57. The molecule has 2 aliphatic rings. The summed E-state index contributed by atoms with van der Waals surface area (Å²) in [6.07, 6.45) is 6.19. The SMILES string of the molecule is Cn1c(=O)n(CC(=O)c2ccccc2N)c(=O)c2c1nc(N1CCCC(NC(=O)OC(C)(C)C)C1)n2CC1=CCCC1. The van der Waals surface area contributed by atoms with Crippen LogP contribution in [0.1, 0.15) is 63.2 Å². The molecule has 1 aliphatic heterocycles. The second-order valence-electron chi connectivity index (χ2n) is 12.1. The summed E-state index contributed by atoms with van der Waals surface area (Å²) in [6, 6.07) is 6.42. The minimum absolute atomic E-state index is 0.179. The Morgan fingerprint density at radius 1 is 1.14 bits per heavy atom. The molecule has 3 aromatic rings. The van der Waals surface area contributed by atoms with Gasteiger partial charge >= 0.3 is 11.8 Å². The van der Waals surface area contributed by atoms with Crippen molar-refractivity contribution >= 4 is 34.7 Å². The lowest BCUT2D eigenvalue weighted by Gasteiger charge is -2.34. The number of fused-ring (bicyclic) bond motifs is 1. The van der Waals surface area contributed by atoms with E-state index in [4.69, 9.17) is 15.5 Å². The maximum atomic E-state index is 14.0. The number of hydrogen-bond donors (Lipinski definition) is 2. The summed E-state index contributed by atoms with van der Waals surface area (Å²) in [7, 11) is 1.56. The standard InChI is InChI=1S/C30H39N7O5/c1-30(2,3)42-28(40)32-20-12-9-15-35(17-20)27-33-25-24(36(27)16-19-10-5-6-11-19)26(39)37(29(41)34(25)4)18-23(38)21-13-7-8-14-22(21)31/h7-8,10,13-14,20H,5-6,9,11-12,15-18,31H2,1-4H3,(H,32,40). The lowest BCUT2D eigenvalue weighted by atomic mass is 10.1. The van der Waals surface area contributed by atoms with Crippen molar-refractivity contribution in [3.8, 4) is 0 Å². The number of aromatic nitrogens is 4. The number of nitrogens with one attached hydrogen (secondary N) is 1. The first kappa shape index (κ1) is 29.2. The zero-order valence-corrected chi connectivity index (χ0v) is 24.7. The van der Waals surface area contributed by atoms with Crippen LogP contribution in [0.5, 0.6) is 0 Å². The molecule has 1 saturated heterocycles. The number of carbonyl (C=O) groups excluding carboxylic acids is 2. The number of anilines is 2. The minimum atomic E-state index is -0.630. The van der Waals surface area contributed by atoms with Crippen molar-refractivity contribution in [3.63, 3.8) is 0 Å². The molecule has 1 amide bonds. The Balaban J connectivity index is 1.55. The highest BCUT2D eigenvalue weighted by molar-refractivity contribution is 6.00. The fourth-order valence-electron chi connectivity index (χ4n) is 5.71. The maximum absolute atomic E-state index is 14.0. The third-order valence-corrected chi connectivity index (χ3v) is 7.70. The molecule has 0 bridgehead atoms. The number of carbonyl (C=O) groups is 2. The summed E-state index contributed by atoms with van der Waals surface area (Å²) in [5.41, 5.74) is 6.42. The first-order valence-electron chi connectivity index (χ1n) is 14.4. The third kappa shape index (κ3) is 5.97. The number of nitrogens with zero attached hydrogens (tertiary/aromatic N) is 5. The summed E-state index contributed by atoms with van der Waals surface area (Å²) in [6.45, 7) is 6.60. The number of benzene rings is 1. The van der Waals surface area contributed by atoms with Crippen LogP contribution in [-0.4, -0.2) is 55.3 Å². The van der Waals surface area contributed by atoms with Crippen molar-refractivity contribution in [1.82, 2.24) is 24.0 Å². The van der Waals surface area contributed by atoms with Gasteiger partial charge in [0, 0.05) is 44.0 Å². The molecule has 224 valence electrons. The predicted octanol–water partition coefficient (Wildman–Crippen LogP) is 2.97. The molecule has 0 saturated carbocycles. The van der Waals surface area contributed by atoms with Crippen molar-refractivity contribution in [1.29, 1.82) is 0 Å². The smallest absolute Gasteiger partial charge is 0.407 e. The fourth-order valence-corrected chi connectivity index (χ4v) is 5.71. The maximum Gasteiger partial charge on any atom is 0.407 e. The quantitative estimate of drug-likeness (QED) is 0.248. The molecule has 42 heavy (non-hydrogen) atoms. The second-order valence-corrected chi connectivity index (χ2v) is 12.1. The van der Waals surface area contributed by atoms with Crippen LogP contribution in [0.3, 0.4) is 0 Å². The van der Waals surface area contributed by atoms with Gasteiger partial charge in [0.2, 0.25) is 5.95 Å². The van der Waals surface area contributed by atoms with Crippen LogP contribution in [0.25, 0.3) is 11.2 Å². The number of piperidine rings is 1. The van der Waals surface area contributed by atoms with E-state index in [0.29, 0.717) is 25.6 Å². The Morgan fingerprint density at radius 3 is 2.60 bits per heavy atom. The number of hydrogen-bond acceptors (Lipinski definition) is 8. The van der Waals surface area contributed by atoms with Gasteiger partial charge in [0.05, 0.1) is 6.54 Å². The summed E-state index contributed by atoms with van der Waals surface area (Å²) in [5, 5.41) is 2.96. The van der Waals surface area contributed by atoms with E-state index in [-0.39, 0.29) is 28.5 Å². The number of alkyl carbamates (subject to hydrolysis) is 1. The number of para-hydroxylation sites is 1. The molecule has 12 heteroatoms. The molecular weight excluding hydrogens is 538 g/mol. The molecule has 3 heterocycles. The van der Waals surface area contributed by atoms with E-state index in [0.717, 1.165) is 36.7 Å². The van der Waals surface area contributed by atoms with Crippen molar-refractivity contribution in [2.75, 3.05) is 23.7 Å². The molecule has 5 rings (SSSR count). The average molecular weight is 578 g/mol. The lowest BCUT2D eigenvalue weighted by molar-refractivity contribution is 0.0499. The van der Waals surface area contributed by atoms with Crippen molar-refractivity contribution in [3.05, 3.63) is 62.3 Å². The van der Waals surface area contributed by atoms with Crippen LogP contribution in [0, 0.1) is 0 Å². The highest BCUT2D eigenvalue weighted by Crippen LogP contribution is 2.27. The number of nitrogens with two attached hydrogens (primary N) is 1. The minimum Gasteiger partial charge on any atom is -0.444 e. The van der Waals surface area contributed by atoms with Gasteiger partial charge in [0.25, 0.3) is 5.56 Å². The number of amides is 1. The van der Waals surface area contributed by atoms with E-state index in [2.05, 4.69) is 11.4 Å². The number of allylic oxidation sites excluding steroid dienone is 2. The van der Waals surface area contributed by atoms with E-state index >= 15 is 0 Å². The highest BCUT2D eigenvalue weighted by atomic mass is 16.6. The number of ether oxygens (including phenoxy) is 1. The van der Waals surface area contributed by atoms with Gasteiger partial charge in [0.15, 0.2) is 16.9 Å². The van der Waals surface area contributed by atoms with Crippen LogP contribution >= 0.6 is 0 Å². The van der Waals surface area contributed by atoms with Gasteiger partial charge in [-0.15, -0.1) is 0 Å². The first-order valence-corrected chi connectivity index (χ1v) is 14.4. The molecule has 3 N–H and O–H groups in total. The van der Waals surface area contributed by atoms with E-state index in [1.54, 1.807) is 31.3 Å². The third-order valence-electron chi connectivity index (χ3n) is 7.70. The van der Waals surface area contributed by atoms with Gasteiger partial charge in [0.1, 0.15) is 5.60 Å². The normalized spacial score (nSPS) is 17.4. The second kappa shape index (κ2) is 11.5. The molecule has 1 unspecified atom stereocenters. The topological polar surface area (TPSA) is 146 Å². The molecule has 1 aromatic carbocycles. The van der Waals surface area contributed by atoms with E-state index in [1.807, 2.05) is 30.2 Å². The highest BCUT2D eigenvalue weighted by Gasteiger charge is 2.30. The summed E-state index contributed by atoms with van der Waals surface area (Å²) in [4.78, 5) is 59.9. The van der Waals surface area contributed by atoms with E-state index < -0.39 is 35.3 Å². The van der Waals surface area contributed by atoms with Crippen LogP contribution in [0.15, 0.2) is 45.5 Å². The Hall–Kier alpha value is -4.35. The number of ketones is 1. The zero-order chi connectivity index (χ0) is 30.2. The molecule has 2 aromatic heterocycles. The van der Waals surface area contributed by atoms with Crippen LogP contribution in [-0.2, 0) is 24.9 Å². The number of rotatable bonds is 7. The molecule has 12 nitrogen and oxygen atoms in total. The first-order chi connectivity index (χ1) is 19.9. The van der Waals surface area contributed by atoms with Crippen molar-refractivity contribution < 1.29 is 14.3 Å². The number of aryl methyl sites for hydroxylation is 1. The van der Waals surface area contributed by atoms with E-state index in [1.165, 1.54) is 10.1 Å². The Bertz CT molecular complexity index is 1670. The number of nitrogen functional groups attached to an aromatic ring is 1. The Labute approximate surface area is 243 Å². The Morgan fingerprint density at radius 2 is 1.90 bits per heavy atom. The predicted molar refractivity (Wildman–Crippen MR) is 161 cm³/mol. The molecule has 0 radical (unpaired) electrons. The molecule has 1 atom stereocenters. The van der Waals surface area contributed by atoms with Gasteiger partial charge < -0.3 is 25.3 Å². The lowest BCUT2D eigenvalue weighted by Crippen LogP contribution is -2.49. The molecule has 1 aliphatic carbocycles. The van der Waals surface area contributed by atoms with Gasteiger partial charge in [-0.2, -0.15) is 4.98 Å².